The van der Waals surface area contributed by atoms with Gasteiger partial charge in [-0.2, -0.15) is 0 Å². The summed E-state index contributed by atoms with van der Waals surface area (Å²) in [4.78, 5) is 45.2. The number of aromatic hydroxyl groups is 1. The zero-order chi connectivity index (χ0) is 32.7. The second kappa shape index (κ2) is 14.9. The number of amides is 2. The normalized spacial score (nSPS) is 15.4. The number of pyridine rings is 1. The lowest BCUT2D eigenvalue weighted by atomic mass is 9.96. The Kier molecular flexibility index (Phi) is 11.3. The van der Waals surface area contributed by atoms with Crippen LogP contribution in [0.1, 0.15) is 59.5 Å². The van der Waals surface area contributed by atoms with Crippen molar-refractivity contribution in [2.75, 3.05) is 32.5 Å². The van der Waals surface area contributed by atoms with E-state index in [-0.39, 0.29) is 67.4 Å². The number of fused-ring (bicyclic) bond motifs is 2. The number of carbonyl (C=O) groups excluding carboxylic acids is 3. The first-order valence-corrected chi connectivity index (χ1v) is 16.7. The molecule has 1 aliphatic rings. The summed E-state index contributed by atoms with van der Waals surface area (Å²) in [7, 11) is -3.47. The van der Waals surface area contributed by atoms with Crippen molar-refractivity contribution in [1.82, 2.24) is 25.4 Å². The molecule has 3 atom stereocenters. The minimum absolute atomic E-state index is 0.0181. The number of rotatable bonds is 15. The van der Waals surface area contributed by atoms with Gasteiger partial charge in [0.15, 0.2) is 5.75 Å². The maximum absolute atomic E-state index is 14.0. The molecule has 0 fully saturated rings. The van der Waals surface area contributed by atoms with Crippen LogP contribution in [0.15, 0.2) is 42.6 Å². The van der Waals surface area contributed by atoms with Gasteiger partial charge < -0.3 is 24.8 Å². The number of nitrogens with one attached hydrogen (secondary N) is 3. The highest BCUT2D eigenvalue weighted by Crippen LogP contribution is 2.40. The third-order valence-electron chi connectivity index (χ3n) is 7.26. The second-order valence-corrected chi connectivity index (χ2v) is 13.2. The van der Waals surface area contributed by atoms with E-state index in [0.717, 1.165) is 0 Å². The highest BCUT2D eigenvalue weighted by molar-refractivity contribution is 7.59. The third-order valence-corrected chi connectivity index (χ3v) is 9.78. The molecular weight excluding hydrogens is 604 g/mol. The zero-order valence-corrected chi connectivity index (χ0v) is 26.7. The lowest BCUT2D eigenvalue weighted by molar-refractivity contribution is -0.144. The number of benzene rings is 2. The molecule has 4 N–H and O–H groups in total. The molecule has 0 radical (unpaired) electrons. The van der Waals surface area contributed by atoms with Gasteiger partial charge in [-0.05, 0) is 51.5 Å². The lowest BCUT2D eigenvalue weighted by Gasteiger charge is -2.27. The highest BCUT2D eigenvalue weighted by atomic mass is 31.2. The van der Waals surface area contributed by atoms with Crippen molar-refractivity contribution in [3.05, 3.63) is 70.7 Å². The predicted molar refractivity (Wildman–Crippen MR) is 167 cm³/mol. The molecule has 0 aliphatic carbocycles. The van der Waals surface area contributed by atoms with Crippen LogP contribution in [-0.2, 0) is 31.9 Å². The molecule has 3 aromatic rings. The largest absolute Gasteiger partial charge is 0.505 e. The molecule has 2 amide bonds. The molecule has 0 spiro atoms. The van der Waals surface area contributed by atoms with Crippen molar-refractivity contribution >= 4 is 36.1 Å². The van der Waals surface area contributed by atoms with Crippen LogP contribution < -0.4 is 15.5 Å². The van der Waals surface area contributed by atoms with Gasteiger partial charge >= 0.3 is 5.97 Å². The van der Waals surface area contributed by atoms with Crippen LogP contribution in [0.25, 0.3) is 10.9 Å². The van der Waals surface area contributed by atoms with Crippen LogP contribution in [0.4, 0.5) is 4.39 Å². The fourth-order valence-electron chi connectivity index (χ4n) is 5.25. The van der Waals surface area contributed by atoms with E-state index in [4.69, 9.17) is 9.47 Å². The number of hydrogen-bond donors (Lipinski definition) is 4. The Morgan fingerprint density at radius 1 is 1.13 bits per heavy atom. The lowest BCUT2D eigenvalue weighted by Crippen LogP contribution is -2.42. The summed E-state index contributed by atoms with van der Waals surface area (Å²) in [6.07, 6.45) is 1.39. The topological polar surface area (TPSA) is 159 Å². The van der Waals surface area contributed by atoms with Crippen LogP contribution in [0.5, 0.6) is 5.75 Å². The second-order valence-electron chi connectivity index (χ2n) is 10.8. The number of halogens is 1. The minimum atomic E-state index is -3.47. The Labute approximate surface area is 261 Å². The van der Waals surface area contributed by atoms with Crippen molar-refractivity contribution in [3.63, 3.8) is 0 Å². The average Bonchev–Trinajstić information content (AvgIpc) is 3.32. The van der Waals surface area contributed by atoms with E-state index in [1.165, 1.54) is 23.2 Å². The summed E-state index contributed by atoms with van der Waals surface area (Å²) >= 11 is 0. The monoisotopic (exact) mass is 643 g/mol. The summed E-state index contributed by atoms with van der Waals surface area (Å²) in [5.41, 5.74) is 1.26. The third kappa shape index (κ3) is 8.04. The van der Waals surface area contributed by atoms with Crippen molar-refractivity contribution in [2.45, 2.75) is 52.9 Å². The smallest absolute Gasteiger partial charge is 0.323 e. The first kappa shape index (κ1) is 34.0. The molecule has 0 saturated carbocycles. The summed E-state index contributed by atoms with van der Waals surface area (Å²) in [5.74, 6) is -2.32. The highest BCUT2D eigenvalue weighted by Gasteiger charge is 2.37. The van der Waals surface area contributed by atoms with E-state index in [0.29, 0.717) is 23.1 Å². The average molecular weight is 644 g/mol. The summed E-state index contributed by atoms with van der Waals surface area (Å²) in [5, 5.41) is 20.1. The molecular formula is C31H39FN5O7P. The maximum Gasteiger partial charge on any atom is 0.323 e. The van der Waals surface area contributed by atoms with Crippen LogP contribution in [0.3, 0.4) is 0 Å². The van der Waals surface area contributed by atoms with E-state index in [1.54, 1.807) is 45.0 Å². The molecule has 0 saturated heterocycles. The molecule has 0 bridgehead atoms. The van der Waals surface area contributed by atoms with Gasteiger partial charge in [0, 0.05) is 55.6 Å². The Hall–Kier alpha value is -3.90. The van der Waals surface area contributed by atoms with Crippen molar-refractivity contribution < 1.29 is 37.9 Å². The van der Waals surface area contributed by atoms with Gasteiger partial charge in [-0.25, -0.2) is 14.6 Å². The molecule has 1 aromatic heterocycles. The number of carbonyl (C=O) groups is 3. The number of aromatic nitrogens is 1. The van der Waals surface area contributed by atoms with E-state index in [2.05, 4.69) is 20.5 Å². The van der Waals surface area contributed by atoms with Crippen molar-refractivity contribution in [1.29, 1.82) is 0 Å². The minimum Gasteiger partial charge on any atom is -0.505 e. The summed E-state index contributed by atoms with van der Waals surface area (Å²) in [6, 6.07) is 7.76. The first-order valence-electron chi connectivity index (χ1n) is 14.8. The SMILES string of the molecule is CCOC[C@H](C)NP(=O)(CCNC(=O)c1c2c(c(O)c3ncccc13)C(=O)N(Cc1ccc(F)cc1)C2)NC(C)C(=O)OCC. The van der Waals surface area contributed by atoms with E-state index in [1.807, 2.05) is 6.92 Å². The molecule has 2 unspecified atom stereocenters. The molecule has 2 heterocycles. The number of esters is 1. The van der Waals surface area contributed by atoms with Gasteiger partial charge in [0.25, 0.3) is 11.8 Å². The molecule has 14 heteroatoms. The number of phenols is 1. The van der Waals surface area contributed by atoms with Crippen LogP contribution in [0.2, 0.25) is 0 Å². The Morgan fingerprint density at radius 2 is 1.87 bits per heavy atom. The maximum atomic E-state index is 14.0. The molecule has 12 nitrogen and oxygen atoms in total. The van der Waals surface area contributed by atoms with Crippen molar-refractivity contribution in [2.24, 2.45) is 0 Å². The predicted octanol–water partition coefficient (Wildman–Crippen LogP) is 3.71. The van der Waals surface area contributed by atoms with Crippen LogP contribution >= 0.6 is 7.44 Å². The van der Waals surface area contributed by atoms with Crippen LogP contribution in [0, 0.1) is 5.82 Å². The molecule has 1 aliphatic heterocycles. The number of ether oxygens (including phenoxy) is 2. The Balaban J connectivity index is 1.58. The van der Waals surface area contributed by atoms with Gasteiger partial charge in [-0.3, -0.25) is 23.9 Å². The van der Waals surface area contributed by atoms with Gasteiger partial charge in [0.1, 0.15) is 17.4 Å². The van der Waals surface area contributed by atoms with Gasteiger partial charge in [-0.15, -0.1) is 0 Å². The molecule has 242 valence electrons. The van der Waals surface area contributed by atoms with E-state index >= 15 is 0 Å². The summed E-state index contributed by atoms with van der Waals surface area (Å²) in [6.45, 7) is 7.90. The zero-order valence-electron chi connectivity index (χ0n) is 25.8. The van der Waals surface area contributed by atoms with E-state index < -0.39 is 37.1 Å². The summed E-state index contributed by atoms with van der Waals surface area (Å²) < 4.78 is 37.9. The molecule has 45 heavy (non-hydrogen) atoms. The van der Waals surface area contributed by atoms with E-state index in [9.17, 15) is 28.4 Å². The first-order chi connectivity index (χ1) is 21.5. The standard InChI is InChI=1S/C31H39FN5O7P/c1-5-43-18-19(3)35-45(42,36-20(4)31(41)44-6-2)15-14-34-29(39)25-23-8-7-13-33-27(23)28(38)26-24(25)17-37(30(26)40)16-21-9-11-22(32)12-10-21/h7-13,19-20,38H,5-6,14-18H2,1-4H3,(H,34,39)(H2,35,36,42)/t19-,20?,45?/m0/s1. The van der Waals surface area contributed by atoms with Crippen molar-refractivity contribution in [3.8, 4) is 5.75 Å². The molecule has 4 rings (SSSR count). The fraction of sp³-hybridized carbons (Fsp3) is 0.419. The van der Waals surface area contributed by atoms with Gasteiger partial charge in [-0.1, -0.05) is 18.2 Å². The van der Waals surface area contributed by atoms with Gasteiger partial charge in [0.2, 0.25) is 7.44 Å². The molecule has 2 aromatic carbocycles. The fourth-order valence-corrected chi connectivity index (χ4v) is 7.53. The number of nitrogens with zero attached hydrogens (tertiary/aromatic N) is 2. The van der Waals surface area contributed by atoms with Gasteiger partial charge in [0.05, 0.1) is 24.3 Å². The number of phenolic OH excluding ortho intramolecular Hbond substituents is 1. The Bertz CT molecular complexity index is 1600. The Morgan fingerprint density at radius 3 is 2.56 bits per heavy atom. The number of hydrogen-bond acceptors (Lipinski definition) is 8. The quantitative estimate of drug-likeness (QED) is 0.142. The van der Waals surface area contributed by atoms with Crippen LogP contribution in [-0.4, -0.2) is 77.4 Å².